The standard InChI is InChI=1S/C58H100N2O6/c1-7-8-9-10-11-12-13-14-15-16-17-18-22-39-64-45-50(44-60-37-20-19-21-38-60)65-42-41-63-40-36-59-55(61)30-31-56(62)66-49-32-34-57(5)48(43-49)26-27-51-53-29-28-52(47(4)25-23-24-46(2)3)58(53,6)35-33-54(51)57/h8-9,11-12,26,46-47,49-54H,7,10,13-25,27-45H2,1-6H3,(H,59,61)/t47-,49+,50?,51+,52-,53+,54+,57+,58-/m1/s1. The molecule has 0 radical (unpaired) electrons. The summed E-state index contributed by atoms with van der Waals surface area (Å²) < 4.78 is 24.3. The van der Waals surface area contributed by atoms with Crippen LogP contribution in [0.3, 0.4) is 0 Å². The number of hydrogen-bond acceptors (Lipinski definition) is 7. The fourth-order valence-electron chi connectivity index (χ4n) is 13.5. The molecule has 1 amide bonds. The lowest BCUT2D eigenvalue weighted by Crippen LogP contribution is -2.51. The van der Waals surface area contributed by atoms with Gasteiger partial charge in [-0.15, -0.1) is 0 Å². The summed E-state index contributed by atoms with van der Waals surface area (Å²) in [6.07, 6.45) is 40.4. The smallest absolute Gasteiger partial charge is 0.306 e. The molecular weight excluding hydrogens is 821 g/mol. The van der Waals surface area contributed by atoms with Crippen LogP contribution in [0.15, 0.2) is 36.0 Å². The fraction of sp³-hybridized carbons (Fsp3) is 0.862. The molecule has 9 atom stereocenters. The number of esters is 1. The highest BCUT2D eigenvalue weighted by Crippen LogP contribution is 2.67. The lowest BCUT2D eigenvalue weighted by molar-refractivity contribution is -0.152. The Morgan fingerprint density at radius 2 is 1.59 bits per heavy atom. The first kappa shape index (κ1) is 54.9. The van der Waals surface area contributed by atoms with Gasteiger partial charge in [-0.25, -0.2) is 0 Å². The Morgan fingerprint density at radius 1 is 0.803 bits per heavy atom. The van der Waals surface area contributed by atoms with Crippen molar-refractivity contribution in [3.8, 4) is 0 Å². The Bertz CT molecular complexity index is 1470. The highest BCUT2D eigenvalue weighted by atomic mass is 16.6. The Balaban J connectivity index is 0.901. The molecule has 1 heterocycles. The summed E-state index contributed by atoms with van der Waals surface area (Å²) >= 11 is 0. The minimum Gasteiger partial charge on any atom is -0.462 e. The molecule has 0 spiro atoms. The molecule has 4 fully saturated rings. The number of nitrogens with zero attached hydrogens (tertiary/aromatic N) is 1. The van der Waals surface area contributed by atoms with Crippen molar-refractivity contribution in [2.24, 2.45) is 46.3 Å². The molecule has 378 valence electrons. The van der Waals surface area contributed by atoms with Crippen molar-refractivity contribution in [1.82, 2.24) is 10.2 Å². The van der Waals surface area contributed by atoms with E-state index in [0.29, 0.717) is 38.4 Å². The van der Waals surface area contributed by atoms with Gasteiger partial charge in [0.25, 0.3) is 0 Å². The van der Waals surface area contributed by atoms with Crippen LogP contribution < -0.4 is 5.32 Å². The number of hydrogen-bond donors (Lipinski definition) is 1. The van der Waals surface area contributed by atoms with Gasteiger partial charge in [0, 0.05) is 32.5 Å². The Labute approximate surface area is 405 Å². The minimum absolute atomic E-state index is 0.0354. The summed E-state index contributed by atoms with van der Waals surface area (Å²) in [6.45, 7) is 21.1. The van der Waals surface area contributed by atoms with Crippen LogP contribution in [0.1, 0.15) is 202 Å². The van der Waals surface area contributed by atoms with Crippen LogP contribution in [0.25, 0.3) is 0 Å². The van der Waals surface area contributed by atoms with Crippen molar-refractivity contribution in [3.63, 3.8) is 0 Å². The number of carbonyl (C=O) groups excluding carboxylic acids is 2. The summed E-state index contributed by atoms with van der Waals surface area (Å²) in [4.78, 5) is 28.1. The van der Waals surface area contributed by atoms with Crippen molar-refractivity contribution in [2.75, 3.05) is 59.2 Å². The van der Waals surface area contributed by atoms with Gasteiger partial charge in [-0.3, -0.25) is 9.59 Å². The monoisotopic (exact) mass is 921 g/mol. The number of carbonyl (C=O) groups is 2. The molecule has 8 nitrogen and oxygen atoms in total. The third kappa shape index (κ3) is 17.8. The number of unbranched alkanes of at least 4 members (excludes halogenated alkanes) is 6. The summed E-state index contributed by atoms with van der Waals surface area (Å²) in [5, 5.41) is 2.92. The fourth-order valence-corrected chi connectivity index (χ4v) is 13.5. The second kappa shape index (κ2) is 29.9. The second-order valence-electron chi connectivity index (χ2n) is 22.5. The normalized spacial score (nSPS) is 28.8. The minimum atomic E-state index is -0.252. The van der Waals surface area contributed by atoms with E-state index in [9.17, 15) is 9.59 Å². The van der Waals surface area contributed by atoms with Crippen molar-refractivity contribution in [2.45, 2.75) is 214 Å². The van der Waals surface area contributed by atoms with E-state index in [1.807, 2.05) is 0 Å². The Kier molecular flexibility index (Phi) is 24.9. The quantitative estimate of drug-likeness (QED) is 0.0409. The predicted octanol–water partition coefficient (Wildman–Crippen LogP) is 13.4. The van der Waals surface area contributed by atoms with Crippen LogP contribution in [0.4, 0.5) is 0 Å². The molecule has 4 aliphatic carbocycles. The van der Waals surface area contributed by atoms with Crippen LogP contribution in [-0.4, -0.2) is 88.2 Å². The SMILES string of the molecule is CCC=CCC=CCCCCCCCCOCC(CN1CCCCC1)OCCOCCNC(=O)CCC(=O)O[C@H]1CC[C@@]2(C)C(=CC[C@H]3[C@@H]4CC[C@H]([C@H](C)CCCC(C)C)[C@@]4(C)CC[C@@H]32)C1. The first-order valence-corrected chi connectivity index (χ1v) is 28.0. The largest absolute Gasteiger partial charge is 0.462 e. The molecule has 0 aromatic carbocycles. The van der Waals surface area contributed by atoms with Crippen LogP contribution in [-0.2, 0) is 28.5 Å². The van der Waals surface area contributed by atoms with Crippen molar-refractivity contribution >= 4 is 11.9 Å². The van der Waals surface area contributed by atoms with E-state index in [1.165, 1.54) is 109 Å². The van der Waals surface area contributed by atoms with Gasteiger partial charge < -0.3 is 29.2 Å². The second-order valence-corrected chi connectivity index (χ2v) is 22.5. The zero-order chi connectivity index (χ0) is 47.0. The summed E-state index contributed by atoms with van der Waals surface area (Å²) in [7, 11) is 0. The predicted molar refractivity (Wildman–Crippen MR) is 272 cm³/mol. The van der Waals surface area contributed by atoms with E-state index >= 15 is 0 Å². The average Bonchev–Trinajstić information content (AvgIpc) is 3.66. The van der Waals surface area contributed by atoms with Crippen molar-refractivity contribution in [3.05, 3.63) is 36.0 Å². The van der Waals surface area contributed by atoms with E-state index in [2.05, 4.69) is 82.1 Å². The molecule has 1 saturated heterocycles. The Hall–Kier alpha value is -2.00. The highest BCUT2D eigenvalue weighted by Gasteiger charge is 2.59. The molecule has 0 bridgehead atoms. The van der Waals surface area contributed by atoms with E-state index in [-0.39, 0.29) is 42.3 Å². The maximum absolute atomic E-state index is 13.0. The number of rotatable bonds is 32. The molecule has 3 saturated carbocycles. The molecule has 5 rings (SSSR count). The molecule has 0 aromatic heterocycles. The van der Waals surface area contributed by atoms with Gasteiger partial charge in [-0.2, -0.15) is 0 Å². The van der Waals surface area contributed by atoms with Crippen LogP contribution in [0.5, 0.6) is 0 Å². The van der Waals surface area contributed by atoms with Gasteiger partial charge in [0.05, 0.1) is 39.0 Å². The lowest BCUT2D eigenvalue weighted by atomic mass is 9.47. The maximum atomic E-state index is 13.0. The van der Waals surface area contributed by atoms with Gasteiger partial charge in [-0.1, -0.05) is 129 Å². The number of nitrogens with one attached hydrogen (secondary N) is 1. The molecule has 8 heteroatoms. The molecule has 0 aromatic rings. The zero-order valence-electron chi connectivity index (χ0n) is 43.4. The van der Waals surface area contributed by atoms with E-state index in [4.69, 9.17) is 18.9 Å². The summed E-state index contributed by atoms with van der Waals surface area (Å²) in [5.74, 6) is 4.54. The van der Waals surface area contributed by atoms with Gasteiger partial charge in [-0.05, 0) is 149 Å². The van der Waals surface area contributed by atoms with Crippen LogP contribution in [0, 0.1) is 46.3 Å². The first-order chi connectivity index (χ1) is 32.0. The van der Waals surface area contributed by atoms with Gasteiger partial charge in [0.1, 0.15) is 6.10 Å². The molecule has 1 N–H and O–H groups in total. The van der Waals surface area contributed by atoms with Gasteiger partial charge in [0.2, 0.25) is 5.91 Å². The first-order valence-electron chi connectivity index (χ1n) is 28.0. The number of allylic oxidation sites excluding steroid dienone is 5. The van der Waals surface area contributed by atoms with E-state index in [1.54, 1.807) is 5.57 Å². The molecule has 1 aliphatic heterocycles. The lowest BCUT2D eigenvalue weighted by Gasteiger charge is -2.58. The van der Waals surface area contributed by atoms with E-state index < -0.39 is 0 Å². The molecule has 1 unspecified atom stereocenters. The van der Waals surface area contributed by atoms with E-state index in [0.717, 1.165) is 100 Å². The number of amides is 1. The molecular formula is C58H100N2O6. The van der Waals surface area contributed by atoms with Crippen molar-refractivity contribution < 1.29 is 28.5 Å². The Morgan fingerprint density at radius 3 is 2.39 bits per heavy atom. The molecule has 66 heavy (non-hydrogen) atoms. The third-order valence-corrected chi connectivity index (χ3v) is 17.2. The zero-order valence-corrected chi connectivity index (χ0v) is 43.4. The average molecular weight is 921 g/mol. The van der Waals surface area contributed by atoms with Crippen molar-refractivity contribution in [1.29, 1.82) is 0 Å². The molecule has 5 aliphatic rings. The summed E-state index contributed by atoms with van der Waals surface area (Å²) in [5.41, 5.74) is 2.27. The van der Waals surface area contributed by atoms with Gasteiger partial charge in [0.15, 0.2) is 0 Å². The maximum Gasteiger partial charge on any atom is 0.306 e. The topological polar surface area (TPSA) is 86.3 Å². The number of fused-ring (bicyclic) bond motifs is 5. The number of likely N-dealkylation sites (tertiary alicyclic amines) is 1. The number of piperidine rings is 1. The van der Waals surface area contributed by atoms with Crippen LogP contribution >= 0.6 is 0 Å². The number of ether oxygens (including phenoxy) is 4. The van der Waals surface area contributed by atoms with Crippen LogP contribution in [0.2, 0.25) is 0 Å². The highest BCUT2D eigenvalue weighted by molar-refractivity contribution is 5.81. The summed E-state index contributed by atoms with van der Waals surface area (Å²) in [6, 6.07) is 0. The third-order valence-electron chi connectivity index (χ3n) is 17.2. The van der Waals surface area contributed by atoms with Gasteiger partial charge >= 0.3 is 5.97 Å².